The normalized spacial score (nSPS) is 12.3. The lowest BCUT2D eigenvalue weighted by Gasteiger charge is -2.17. The fraction of sp³-hybridized carbons (Fsp3) is 0. The minimum absolute atomic E-state index is 0.238. The molecule has 0 saturated carbocycles. The van der Waals surface area contributed by atoms with Crippen molar-refractivity contribution >= 4 is 129 Å². The van der Waals surface area contributed by atoms with E-state index in [4.69, 9.17) is 21.6 Å². The van der Waals surface area contributed by atoms with E-state index in [1.165, 1.54) is 58.0 Å². The van der Waals surface area contributed by atoms with E-state index < -0.39 is 0 Å². The zero-order chi connectivity index (χ0) is 37.4. The molecule has 0 aliphatic heterocycles. The van der Waals surface area contributed by atoms with Gasteiger partial charge in [0.1, 0.15) is 4.83 Å². The molecule has 0 bridgehead atoms. The molecule has 0 aliphatic carbocycles. The van der Waals surface area contributed by atoms with Gasteiger partial charge in [-0.25, -0.2) is 9.97 Å². The summed E-state index contributed by atoms with van der Waals surface area (Å²) in [5.41, 5.74) is 8.52. The summed E-state index contributed by atoms with van der Waals surface area (Å²) >= 11 is 10.4. The number of aromatic nitrogens is 4. The maximum Gasteiger partial charge on any atom is 0.224 e. The molecule has 4 nitrogen and oxygen atoms in total. The molecule has 13 rings (SSSR count). The van der Waals surface area contributed by atoms with Crippen LogP contribution in [0.15, 0.2) is 164 Å². The number of hydrogen-bond acceptors (Lipinski definition) is 4. The van der Waals surface area contributed by atoms with Crippen LogP contribution in [-0.4, -0.2) is 19.1 Å². The van der Waals surface area contributed by atoms with Crippen molar-refractivity contribution < 1.29 is 0 Å². The van der Waals surface area contributed by atoms with Gasteiger partial charge in [-0.2, -0.15) is 0 Å². The third kappa shape index (κ3) is 4.37. The molecule has 7 heteroatoms. The van der Waals surface area contributed by atoms with Crippen molar-refractivity contribution in [3.63, 3.8) is 0 Å². The fourth-order valence-corrected chi connectivity index (χ4v) is 11.9. The van der Waals surface area contributed by atoms with Crippen LogP contribution in [0.25, 0.3) is 117 Å². The molecule has 0 fully saturated rings. The van der Waals surface area contributed by atoms with E-state index in [9.17, 15) is 0 Å². The van der Waals surface area contributed by atoms with Crippen LogP contribution in [0, 0.1) is 0 Å². The summed E-state index contributed by atoms with van der Waals surface area (Å²) < 4.78 is 8.67. The molecule has 57 heavy (non-hydrogen) atoms. The van der Waals surface area contributed by atoms with Crippen LogP contribution < -0.4 is 0 Å². The first-order chi connectivity index (χ1) is 28.2. The molecule has 0 radical (unpaired) electrons. The van der Waals surface area contributed by atoms with E-state index in [0.29, 0.717) is 0 Å². The van der Waals surface area contributed by atoms with Crippen molar-refractivity contribution in [2.24, 2.45) is 0 Å². The monoisotopic (exact) mass is 782 g/mol. The van der Waals surface area contributed by atoms with Crippen molar-refractivity contribution in [2.45, 2.75) is 0 Å². The molecule has 0 saturated heterocycles. The summed E-state index contributed by atoms with van der Waals surface area (Å²) in [6, 6.07) is 59.5. The number of hydrogen-bond donors (Lipinski definition) is 0. The van der Waals surface area contributed by atoms with E-state index in [-0.39, 0.29) is 5.28 Å². The highest BCUT2D eigenvalue weighted by Crippen LogP contribution is 2.49. The molecule has 0 spiro atoms. The first-order valence-electron chi connectivity index (χ1n) is 18.9. The highest BCUT2D eigenvalue weighted by molar-refractivity contribution is 7.27. The Labute approximate surface area is 338 Å². The molecule has 8 aromatic carbocycles. The summed E-state index contributed by atoms with van der Waals surface area (Å²) in [6.07, 6.45) is 0. The quantitative estimate of drug-likeness (QED) is 0.167. The van der Waals surface area contributed by atoms with Gasteiger partial charge in [0.25, 0.3) is 0 Å². The molecule has 0 atom stereocenters. The van der Waals surface area contributed by atoms with Crippen LogP contribution in [0.4, 0.5) is 0 Å². The molecule has 13 aromatic rings. The molecule has 5 heterocycles. The summed E-state index contributed by atoms with van der Waals surface area (Å²) in [5, 5.41) is 12.4. The SMILES string of the molecule is Clc1nc(-c2cc(-n3c4ccccc4c4ccccc43)cc(-n3c4ccccc4c4c5c6ccccc6sc5c5ccccc5c43)c2)c2c(n1)sc1ccccc12. The van der Waals surface area contributed by atoms with E-state index in [0.717, 1.165) is 59.5 Å². The summed E-state index contributed by atoms with van der Waals surface area (Å²) in [6.45, 7) is 0. The van der Waals surface area contributed by atoms with Gasteiger partial charge in [0.05, 0.1) is 27.8 Å². The van der Waals surface area contributed by atoms with E-state index >= 15 is 0 Å². The van der Waals surface area contributed by atoms with Crippen LogP contribution in [-0.2, 0) is 0 Å². The van der Waals surface area contributed by atoms with Gasteiger partial charge >= 0.3 is 0 Å². The minimum Gasteiger partial charge on any atom is -0.309 e. The maximum atomic E-state index is 6.83. The van der Waals surface area contributed by atoms with Gasteiger partial charge in [-0.1, -0.05) is 115 Å². The van der Waals surface area contributed by atoms with Gasteiger partial charge in [0, 0.05) is 84.9 Å². The van der Waals surface area contributed by atoms with Gasteiger partial charge in [-0.05, 0) is 60.1 Å². The molecule has 5 aromatic heterocycles. The lowest BCUT2D eigenvalue weighted by Crippen LogP contribution is -2.01. The highest BCUT2D eigenvalue weighted by Gasteiger charge is 2.24. The molecule has 266 valence electrons. The van der Waals surface area contributed by atoms with Crippen LogP contribution >= 0.6 is 34.3 Å². The Kier molecular flexibility index (Phi) is 6.50. The third-order valence-corrected chi connectivity index (χ3v) is 14.1. The van der Waals surface area contributed by atoms with Crippen molar-refractivity contribution in [1.82, 2.24) is 19.1 Å². The predicted octanol–water partition coefficient (Wildman–Crippen LogP) is 14.9. The van der Waals surface area contributed by atoms with Crippen molar-refractivity contribution in [1.29, 1.82) is 0 Å². The van der Waals surface area contributed by atoms with Crippen LogP contribution in [0.5, 0.6) is 0 Å². The van der Waals surface area contributed by atoms with Crippen molar-refractivity contribution in [2.75, 3.05) is 0 Å². The summed E-state index contributed by atoms with van der Waals surface area (Å²) in [4.78, 5) is 10.7. The number of rotatable bonds is 3. The Bertz CT molecular complexity index is 3790. The van der Waals surface area contributed by atoms with Crippen molar-refractivity contribution in [3.8, 4) is 22.6 Å². The molecule has 0 unspecified atom stereocenters. The van der Waals surface area contributed by atoms with Gasteiger partial charge in [-0.3, -0.25) is 0 Å². The summed E-state index contributed by atoms with van der Waals surface area (Å²) in [7, 11) is 0. The van der Waals surface area contributed by atoms with Gasteiger partial charge in [0.2, 0.25) is 5.28 Å². The average Bonchev–Trinajstić information content (AvgIpc) is 4.01. The Morgan fingerprint density at radius 2 is 0.930 bits per heavy atom. The van der Waals surface area contributed by atoms with Crippen molar-refractivity contribution in [3.05, 3.63) is 169 Å². The Morgan fingerprint density at radius 1 is 0.421 bits per heavy atom. The topological polar surface area (TPSA) is 35.6 Å². The largest absolute Gasteiger partial charge is 0.309 e. The zero-order valence-electron chi connectivity index (χ0n) is 30.1. The van der Waals surface area contributed by atoms with Crippen LogP contribution in [0.1, 0.15) is 0 Å². The lowest BCUT2D eigenvalue weighted by molar-refractivity contribution is 1.13. The maximum absolute atomic E-state index is 6.83. The number of benzene rings is 8. The fourth-order valence-electron chi connectivity index (χ4n) is 9.38. The number of halogens is 1. The third-order valence-electron chi connectivity index (χ3n) is 11.6. The predicted molar refractivity (Wildman–Crippen MR) is 244 cm³/mol. The van der Waals surface area contributed by atoms with Gasteiger partial charge in [-0.15, -0.1) is 22.7 Å². The smallest absolute Gasteiger partial charge is 0.224 e. The van der Waals surface area contributed by atoms with Gasteiger partial charge in [0.15, 0.2) is 0 Å². The Hall–Kier alpha value is -6.57. The second-order valence-electron chi connectivity index (χ2n) is 14.7. The second-order valence-corrected chi connectivity index (χ2v) is 17.1. The molecular formula is C50H27ClN4S2. The number of nitrogens with zero attached hydrogens (tertiary/aromatic N) is 4. The minimum atomic E-state index is 0.238. The standard InChI is InChI=1S/C50H27ClN4S2/c51-50-52-46(45-37-19-7-12-24-42(37)57-49(45)53-50)28-25-29(54-38-20-8-3-13-31(38)32-14-4-9-21-39(32)54)27-30(26-28)55-40-22-10-5-17-35(40)43-44-36-18-6-11-23-41(36)56-48(44)34-16-2-1-15-33(34)47(43)55/h1-27H. The van der Waals surface area contributed by atoms with E-state index in [2.05, 4.69) is 173 Å². The van der Waals surface area contributed by atoms with Gasteiger partial charge < -0.3 is 9.13 Å². The first-order valence-corrected chi connectivity index (χ1v) is 20.9. The molecule has 0 amide bonds. The molecule has 0 aliphatic rings. The lowest BCUT2D eigenvalue weighted by atomic mass is 9.99. The van der Waals surface area contributed by atoms with E-state index in [1.807, 2.05) is 11.3 Å². The second kappa shape index (κ2) is 11.7. The average molecular weight is 783 g/mol. The van der Waals surface area contributed by atoms with Crippen LogP contribution in [0.3, 0.4) is 0 Å². The zero-order valence-corrected chi connectivity index (χ0v) is 32.5. The Morgan fingerprint density at radius 3 is 1.61 bits per heavy atom. The number of fused-ring (bicyclic) bond motifs is 16. The molecular weight excluding hydrogens is 756 g/mol. The van der Waals surface area contributed by atoms with Crippen LogP contribution in [0.2, 0.25) is 5.28 Å². The number of para-hydroxylation sites is 3. The number of thiophene rings is 2. The Balaban J connectivity index is 1.24. The van der Waals surface area contributed by atoms with E-state index in [1.54, 1.807) is 11.3 Å². The molecule has 0 N–H and O–H groups in total. The highest BCUT2D eigenvalue weighted by atomic mass is 35.5. The summed E-state index contributed by atoms with van der Waals surface area (Å²) in [5.74, 6) is 0. The first kappa shape index (κ1) is 31.6.